The highest BCUT2D eigenvalue weighted by Gasteiger charge is 2.24. The van der Waals surface area contributed by atoms with Gasteiger partial charge in [0.1, 0.15) is 0 Å². The van der Waals surface area contributed by atoms with Gasteiger partial charge in [0.15, 0.2) is 0 Å². The van der Waals surface area contributed by atoms with E-state index in [0.29, 0.717) is 13.0 Å². The van der Waals surface area contributed by atoms with Crippen molar-refractivity contribution in [2.45, 2.75) is 45.3 Å². The SMILES string of the molecule is CC(C)NC(=O)CC(CN)N1CCc2ccccc2C1. The van der Waals surface area contributed by atoms with Crippen molar-refractivity contribution in [3.63, 3.8) is 0 Å². The maximum atomic E-state index is 11.9. The Kier molecular flexibility index (Phi) is 5.15. The summed E-state index contributed by atoms with van der Waals surface area (Å²) in [7, 11) is 0. The maximum absolute atomic E-state index is 11.9. The standard InChI is InChI=1S/C16H25N3O/c1-12(2)18-16(20)9-15(10-17)19-8-7-13-5-3-4-6-14(13)11-19/h3-6,12,15H,7-11,17H2,1-2H3,(H,18,20). The lowest BCUT2D eigenvalue weighted by atomic mass is 9.98. The van der Waals surface area contributed by atoms with Gasteiger partial charge in [-0.2, -0.15) is 0 Å². The van der Waals surface area contributed by atoms with Crippen LogP contribution in [0.4, 0.5) is 0 Å². The van der Waals surface area contributed by atoms with Crippen LogP contribution in [0.3, 0.4) is 0 Å². The van der Waals surface area contributed by atoms with Gasteiger partial charge in [0.05, 0.1) is 0 Å². The molecule has 20 heavy (non-hydrogen) atoms. The molecule has 1 unspecified atom stereocenters. The van der Waals surface area contributed by atoms with Crippen LogP contribution < -0.4 is 11.1 Å². The van der Waals surface area contributed by atoms with Crippen LogP contribution in [-0.4, -0.2) is 36.0 Å². The zero-order chi connectivity index (χ0) is 14.5. The molecule has 0 saturated heterocycles. The average Bonchev–Trinajstić information content (AvgIpc) is 2.43. The monoisotopic (exact) mass is 275 g/mol. The molecule has 0 bridgehead atoms. The average molecular weight is 275 g/mol. The van der Waals surface area contributed by atoms with Crippen LogP contribution in [0.5, 0.6) is 0 Å². The predicted octanol–water partition coefficient (Wildman–Crippen LogP) is 1.29. The molecule has 1 aromatic carbocycles. The highest BCUT2D eigenvalue weighted by atomic mass is 16.1. The van der Waals surface area contributed by atoms with Gasteiger partial charge < -0.3 is 11.1 Å². The Morgan fingerprint density at radius 1 is 1.35 bits per heavy atom. The Morgan fingerprint density at radius 2 is 2.05 bits per heavy atom. The predicted molar refractivity (Wildman–Crippen MR) is 81.3 cm³/mol. The van der Waals surface area contributed by atoms with Crippen molar-refractivity contribution in [1.29, 1.82) is 0 Å². The van der Waals surface area contributed by atoms with Crippen molar-refractivity contribution in [3.05, 3.63) is 35.4 Å². The first-order valence-electron chi connectivity index (χ1n) is 7.40. The zero-order valence-corrected chi connectivity index (χ0v) is 12.4. The molecule has 2 rings (SSSR count). The van der Waals surface area contributed by atoms with Gasteiger partial charge in [-0.1, -0.05) is 24.3 Å². The molecule has 0 aromatic heterocycles. The first kappa shape index (κ1) is 15.0. The number of benzene rings is 1. The Morgan fingerprint density at radius 3 is 2.70 bits per heavy atom. The molecule has 3 N–H and O–H groups in total. The Hall–Kier alpha value is -1.39. The molecule has 0 radical (unpaired) electrons. The number of amides is 1. The highest BCUT2D eigenvalue weighted by molar-refractivity contribution is 5.76. The third-order valence-corrected chi connectivity index (χ3v) is 3.82. The van der Waals surface area contributed by atoms with Crippen LogP contribution in [0, 0.1) is 0 Å². The molecule has 0 saturated carbocycles. The second-order valence-corrected chi connectivity index (χ2v) is 5.81. The fourth-order valence-electron chi connectivity index (χ4n) is 2.79. The highest BCUT2D eigenvalue weighted by Crippen LogP contribution is 2.21. The lowest BCUT2D eigenvalue weighted by molar-refractivity contribution is -0.122. The summed E-state index contributed by atoms with van der Waals surface area (Å²) < 4.78 is 0. The van der Waals surface area contributed by atoms with Gasteiger partial charge in [0.25, 0.3) is 0 Å². The smallest absolute Gasteiger partial charge is 0.221 e. The molecule has 1 amide bonds. The molecule has 0 fully saturated rings. The van der Waals surface area contributed by atoms with Gasteiger partial charge in [-0.05, 0) is 31.4 Å². The molecule has 0 spiro atoms. The van der Waals surface area contributed by atoms with Crippen LogP contribution >= 0.6 is 0 Å². The summed E-state index contributed by atoms with van der Waals surface area (Å²) in [4.78, 5) is 14.3. The molecule has 4 nitrogen and oxygen atoms in total. The van der Waals surface area contributed by atoms with Crippen LogP contribution in [0.1, 0.15) is 31.4 Å². The number of hydrogen-bond acceptors (Lipinski definition) is 3. The van der Waals surface area contributed by atoms with E-state index in [9.17, 15) is 4.79 Å². The quantitative estimate of drug-likeness (QED) is 0.851. The number of nitrogens with one attached hydrogen (secondary N) is 1. The zero-order valence-electron chi connectivity index (χ0n) is 12.4. The largest absolute Gasteiger partial charge is 0.354 e. The van der Waals surface area contributed by atoms with E-state index in [-0.39, 0.29) is 18.0 Å². The Labute approximate surface area is 121 Å². The second kappa shape index (κ2) is 6.86. The van der Waals surface area contributed by atoms with Gasteiger partial charge in [-0.25, -0.2) is 0 Å². The Bertz CT molecular complexity index is 459. The number of carbonyl (C=O) groups excluding carboxylic acids is 1. The van der Waals surface area contributed by atoms with E-state index in [2.05, 4.69) is 34.5 Å². The number of carbonyl (C=O) groups is 1. The summed E-state index contributed by atoms with van der Waals surface area (Å²) >= 11 is 0. The van der Waals surface area contributed by atoms with E-state index in [1.54, 1.807) is 0 Å². The first-order valence-corrected chi connectivity index (χ1v) is 7.40. The van der Waals surface area contributed by atoms with Crippen molar-refractivity contribution in [1.82, 2.24) is 10.2 Å². The van der Waals surface area contributed by atoms with Crippen molar-refractivity contribution in [2.24, 2.45) is 5.73 Å². The van der Waals surface area contributed by atoms with E-state index in [0.717, 1.165) is 19.5 Å². The topological polar surface area (TPSA) is 58.4 Å². The van der Waals surface area contributed by atoms with Gasteiger partial charge in [-0.15, -0.1) is 0 Å². The fraction of sp³-hybridized carbons (Fsp3) is 0.562. The third kappa shape index (κ3) is 3.81. The number of fused-ring (bicyclic) bond motifs is 1. The lowest BCUT2D eigenvalue weighted by Crippen LogP contribution is -2.46. The minimum absolute atomic E-state index is 0.0920. The summed E-state index contributed by atoms with van der Waals surface area (Å²) in [5, 5.41) is 2.94. The molecule has 1 aliphatic rings. The second-order valence-electron chi connectivity index (χ2n) is 5.81. The normalized spacial score (nSPS) is 16.8. The van der Waals surface area contributed by atoms with Crippen molar-refractivity contribution in [3.8, 4) is 0 Å². The van der Waals surface area contributed by atoms with E-state index in [4.69, 9.17) is 5.73 Å². The molecule has 4 heteroatoms. The van der Waals surface area contributed by atoms with Crippen molar-refractivity contribution >= 4 is 5.91 Å². The molecule has 1 heterocycles. The third-order valence-electron chi connectivity index (χ3n) is 3.82. The summed E-state index contributed by atoms with van der Waals surface area (Å²) in [5.41, 5.74) is 8.67. The van der Waals surface area contributed by atoms with Crippen molar-refractivity contribution in [2.75, 3.05) is 13.1 Å². The molecule has 110 valence electrons. The van der Waals surface area contributed by atoms with Gasteiger partial charge in [0, 0.05) is 38.1 Å². The van der Waals surface area contributed by atoms with Crippen LogP contribution in [0.15, 0.2) is 24.3 Å². The molecule has 0 aliphatic carbocycles. The minimum atomic E-state index is 0.0920. The van der Waals surface area contributed by atoms with Gasteiger partial charge in [-0.3, -0.25) is 9.69 Å². The number of hydrogen-bond donors (Lipinski definition) is 2. The van der Waals surface area contributed by atoms with E-state index in [1.807, 2.05) is 13.8 Å². The number of rotatable bonds is 5. The van der Waals surface area contributed by atoms with E-state index < -0.39 is 0 Å². The van der Waals surface area contributed by atoms with Gasteiger partial charge >= 0.3 is 0 Å². The Balaban J connectivity index is 1.98. The number of nitrogens with two attached hydrogens (primary N) is 1. The first-order chi connectivity index (χ1) is 9.60. The molecule has 1 aromatic rings. The van der Waals surface area contributed by atoms with Crippen LogP contribution in [0.2, 0.25) is 0 Å². The van der Waals surface area contributed by atoms with E-state index >= 15 is 0 Å². The van der Waals surface area contributed by atoms with Crippen LogP contribution in [0.25, 0.3) is 0 Å². The summed E-state index contributed by atoms with van der Waals surface area (Å²) in [6.45, 7) is 6.35. The number of nitrogens with zero attached hydrogens (tertiary/aromatic N) is 1. The summed E-state index contributed by atoms with van der Waals surface area (Å²) in [6, 6.07) is 8.83. The fourth-order valence-corrected chi connectivity index (χ4v) is 2.79. The minimum Gasteiger partial charge on any atom is -0.354 e. The molecule has 1 atom stereocenters. The lowest BCUT2D eigenvalue weighted by Gasteiger charge is -2.34. The van der Waals surface area contributed by atoms with Gasteiger partial charge in [0.2, 0.25) is 5.91 Å². The summed E-state index contributed by atoms with van der Waals surface area (Å²) in [6.07, 6.45) is 1.52. The molecular weight excluding hydrogens is 250 g/mol. The maximum Gasteiger partial charge on any atom is 0.221 e. The van der Waals surface area contributed by atoms with Crippen molar-refractivity contribution < 1.29 is 4.79 Å². The molecular formula is C16H25N3O. The van der Waals surface area contributed by atoms with E-state index in [1.165, 1.54) is 11.1 Å². The molecule has 1 aliphatic heterocycles. The summed E-state index contributed by atoms with van der Waals surface area (Å²) in [5.74, 6) is 0.0920. The van der Waals surface area contributed by atoms with Crippen LogP contribution in [-0.2, 0) is 17.8 Å².